The second-order valence-corrected chi connectivity index (χ2v) is 17.1. The Morgan fingerprint density at radius 3 is 2.18 bits per heavy atom. The van der Waals surface area contributed by atoms with Crippen LogP contribution in [0.4, 0.5) is 5.69 Å². The van der Waals surface area contributed by atoms with Crippen LogP contribution in [-0.2, 0) is 44.7 Å². The number of anilines is 1. The first-order valence-electron chi connectivity index (χ1n) is 21.4. The predicted octanol–water partition coefficient (Wildman–Crippen LogP) is 2.04. The molecule has 342 valence electrons. The van der Waals surface area contributed by atoms with E-state index in [1.807, 2.05) is 33.8 Å². The summed E-state index contributed by atoms with van der Waals surface area (Å²) in [6.45, 7) is 13.2. The largest absolute Gasteiger partial charge is 0.379 e. The molecule has 1 aromatic rings. The van der Waals surface area contributed by atoms with Gasteiger partial charge in [0.1, 0.15) is 12.1 Å². The molecule has 17 nitrogen and oxygen atoms in total. The van der Waals surface area contributed by atoms with E-state index in [1.54, 1.807) is 67.9 Å². The zero-order valence-electron chi connectivity index (χ0n) is 38.4. The highest BCUT2D eigenvalue weighted by Crippen LogP contribution is 2.30. The number of nitrogens with zero attached hydrogens (tertiary/aromatic N) is 4. The van der Waals surface area contributed by atoms with Gasteiger partial charge >= 0.3 is 0 Å². The first-order chi connectivity index (χ1) is 28.7. The van der Waals surface area contributed by atoms with Gasteiger partial charge in [-0.2, -0.15) is 5.26 Å². The molecule has 0 spiro atoms. The molecule has 6 N–H and O–H groups in total. The molecular formula is C44H73N9O8. The third kappa shape index (κ3) is 15.7. The molecule has 0 radical (unpaired) electrons. The number of nitriles is 1. The lowest BCUT2D eigenvalue weighted by Crippen LogP contribution is -2.58. The van der Waals surface area contributed by atoms with Gasteiger partial charge in [-0.05, 0) is 76.7 Å². The van der Waals surface area contributed by atoms with Crippen molar-refractivity contribution in [3.05, 3.63) is 29.8 Å². The molecule has 0 aromatic heterocycles. The van der Waals surface area contributed by atoms with Gasteiger partial charge in [0.05, 0.1) is 61.7 Å². The standard InChI is InChI=1S/C44H73N9O8/c1-13-27(4)39(52(10)44(59)38(26(2)3)50-36(54)25-51(8)9)35(60-11)24-37(55)53-21-15-18-34(53)40(61-12)28(5)41(56)48-33(19-20-45)23-31-16-14-17-32(22-31)49-43(58)30(7)47-42(57)29(6)46/h14,16-17,22,26-30,33-35,38-40H,13,15,18-19,21,23-25,46H2,1-12H3,(H,47,57)(H,48,56)(H,49,58)(H,50,54)/t27-,28+,29-,30-,33+,34-,35+,38-,39-,40+/m0/s1. The summed E-state index contributed by atoms with van der Waals surface area (Å²) < 4.78 is 12.0. The van der Waals surface area contributed by atoms with Crippen LogP contribution in [0.15, 0.2) is 24.3 Å². The van der Waals surface area contributed by atoms with Gasteiger partial charge < -0.3 is 51.2 Å². The lowest BCUT2D eigenvalue weighted by Gasteiger charge is -2.41. The SMILES string of the molecule is CC[C@H](C)[C@@H]([C@@H](CC(=O)N1CCC[C@H]1[C@H](OC)[C@@H](C)C(=O)N[C@H](CC#N)Cc1cccc(NC(=O)[C@H](C)NC(=O)[C@H](C)N)c1)OC)N(C)C(=O)[C@@H](NC(=O)CN(C)C)C(C)C. The molecule has 0 unspecified atom stereocenters. The van der Waals surface area contributed by atoms with Crippen molar-refractivity contribution >= 4 is 41.1 Å². The number of rotatable bonds is 24. The molecule has 1 heterocycles. The number of likely N-dealkylation sites (N-methyl/N-ethyl adjacent to an activating group) is 2. The number of methoxy groups -OCH3 is 2. The average Bonchev–Trinajstić information content (AvgIpc) is 3.68. The topological polar surface area (TPSA) is 229 Å². The van der Waals surface area contributed by atoms with E-state index in [2.05, 4.69) is 27.3 Å². The number of carbonyl (C=O) groups is 6. The quantitative estimate of drug-likeness (QED) is 0.101. The maximum Gasteiger partial charge on any atom is 0.246 e. The second-order valence-electron chi connectivity index (χ2n) is 17.1. The predicted molar refractivity (Wildman–Crippen MR) is 234 cm³/mol. The summed E-state index contributed by atoms with van der Waals surface area (Å²) in [7, 11) is 8.32. The van der Waals surface area contributed by atoms with E-state index in [0.29, 0.717) is 37.9 Å². The molecule has 17 heteroatoms. The van der Waals surface area contributed by atoms with Gasteiger partial charge in [-0.15, -0.1) is 0 Å². The lowest BCUT2D eigenvalue weighted by atomic mass is 9.89. The number of likely N-dealkylation sites (tertiary alicyclic amines) is 1. The van der Waals surface area contributed by atoms with Crippen molar-refractivity contribution in [2.24, 2.45) is 23.5 Å². The fourth-order valence-corrected chi connectivity index (χ4v) is 7.88. The van der Waals surface area contributed by atoms with E-state index in [-0.39, 0.29) is 54.9 Å². The molecule has 1 aliphatic heterocycles. The summed E-state index contributed by atoms with van der Waals surface area (Å²) in [6, 6.07) is 5.37. The second kappa shape index (κ2) is 25.3. The van der Waals surface area contributed by atoms with E-state index < -0.39 is 66.2 Å². The van der Waals surface area contributed by atoms with Crippen LogP contribution in [0, 0.1) is 29.1 Å². The van der Waals surface area contributed by atoms with Crippen molar-refractivity contribution in [3.63, 3.8) is 0 Å². The molecule has 0 bridgehead atoms. The molecule has 1 aliphatic rings. The molecule has 1 aromatic carbocycles. The van der Waals surface area contributed by atoms with Crippen LogP contribution in [0.25, 0.3) is 0 Å². The van der Waals surface area contributed by atoms with Crippen molar-refractivity contribution in [2.75, 3.05) is 53.8 Å². The highest BCUT2D eigenvalue weighted by Gasteiger charge is 2.43. The Balaban J connectivity index is 2.22. The van der Waals surface area contributed by atoms with Gasteiger partial charge in [0, 0.05) is 39.5 Å². The third-order valence-corrected chi connectivity index (χ3v) is 11.5. The normalized spacial score (nSPS) is 18.4. The maximum absolute atomic E-state index is 14.2. The first-order valence-corrected chi connectivity index (χ1v) is 21.4. The van der Waals surface area contributed by atoms with Crippen molar-refractivity contribution in [2.45, 2.75) is 135 Å². The Labute approximate surface area is 363 Å². The van der Waals surface area contributed by atoms with Crippen molar-refractivity contribution < 1.29 is 38.2 Å². The Morgan fingerprint density at radius 2 is 1.62 bits per heavy atom. The van der Waals surface area contributed by atoms with Crippen LogP contribution in [0.3, 0.4) is 0 Å². The molecule has 1 saturated heterocycles. The Hall–Kier alpha value is -4.63. The highest BCUT2D eigenvalue weighted by molar-refractivity contribution is 5.97. The number of amides is 6. The van der Waals surface area contributed by atoms with Crippen molar-refractivity contribution in [1.82, 2.24) is 30.7 Å². The van der Waals surface area contributed by atoms with Gasteiger partial charge in [-0.25, -0.2) is 0 Å². The summed E-state index contributed by atoms with van der Waals surface area (Å²) >= 11 is 0. The number of ether oxygens (including phenoxy) is 2. The van der Waals surface area contributed by atoms with Crippen LogP contribution >= 0.6 is 0 Å². The van der Waals surface area contributed by atoms with Gasteiger partial charge in [0.25, 0.3) is 0 Å². The number of benzene rings is 1. The first kappa shape index (κ1) is 52.5. The fourth-order valence-electron chi connectivity index (χ4n) is 7.88. The minimum absolute atomic E-state index is 0.0137. The summed E-state index contributed by atoms with van der Waals surface area (Å²) in [5, 5.41) is 20.9. The van der Waals surface area contributed by atoms with E-state index in [4.69, 9.17) is 15.2 Å². The van der Waals surface area contributed by atoms with E-state index in [9.17, 15) is 34.0 Å². The van der Waals surface area contributed by atoms with Crippen LogP contribution in [0.2, 0.25) is 0 Å². The minimum atomic E-state index is -0.827. The van der Waals surface area contributed by atoms with Crippen LogP contribution in [0.5, 0.6) is 0 Å². The van der Waals surface area contributed by atoms with E-state index in [1.165, 1.54) is 21.1 Å². The summed E-state index contributed by atoms with van der Waals surface area (Å²) in [6.07, 6.45) is 1.02. The highest BCUT2D eigenvalue weighted by atomic mass is 16.5. The van der Waals surface area contributed by atoms with Gasteiger partial charge in [0.2, 0.25) is 35.4 Å². The van der Waals surface area contributed by atoms with Crippen molar-refractivity contribution in [1.29, 1.82) is 5.26 Å². The monoisotopic (exact) mass is 856 g/mol. The molecule has 6 amide bonds. The Bertz CT molecular complexity index is 1670. The van der Waals surface area contributed by atoms with Gasteiger partial charge in [0.15, 0.2) is 0 Å². The molecule has 0 aliphatic carbocycles. The zero-order chi connectivity index (χ0) is 46.1. The smallest absolute Gasteiger partial charge is 0.246 e. The molecule has 10 atom stereocenters. The fraction of sp³-hybridized carbons (Fsp3) is 0.705. The van der Waals surface area contributed by atoms with Crippen LogP contribution in [0.1, 0.15) is 86.1 Å². The number of hydrogen-bond donors (Lipinski definition) is 5. The number of nitrogens with two attached hydrogens (primary N) is 1. The Kier molecular flexibility index (Phi) is 21.8. The van der Waals surface area contributed by atoms with Crippen LogP contribution in [-0.4, -0.2) is 147 Å². The molecule has 1 fully saturated rings. The molecule has 2 rings (SSSR count). The zero-order valence-corrected chi connectivity index (χ0v) is 38.4. The van der Waals surface area contributed by atoms with E-state index in [0.717, 1.165) is 5.56 Å². The number of carbonyl (C=O) groups excluding carboxylic acids is 6. The van der Waals surface area contributed by atoms with E-state index >= 15 is 0 Å². The lowest BCUT2D eigenvalue weighted by molar-refractivity contribution is -0.147. The summed E-state index contributed by atoms with van der Waals surface area (Å²) in [5.74, 6) is -2.85. The third-order valence-electron chi connectivity index (χ3n) is 11.5. The van der Waals surface area contributed by atoms with Gasteiger partial charge in [-0.1, -0.05) is 53.2 Å². The number of nitrogens with one attached hydrogen (secondary N) is 4. The minimum Gasteiger partial charge on any atom is -0.379 e. The number of hydrogen-bond acceptors (Lipinski definition) is 11. The Morgan fingerprint density at radius 1 is 0.951 bits per heavy atom. The summed E-state index contributed by atoms with van der Waals surface area (Å²) in [4.78, 5) is 84.7. The van der Waals surface area contributed by atoms with Gasteiger partial charge in [-0.3, -0.25) is 28.8 Å². The summed E-state index contributed by atoms with van der Waals surface area (Å²) in [5.41, 5.74) is 6.85. The van der Waals surface area contributed by atoms with Crippen molar-refractivity contribution in [3.8, 4) is 6.07 Å². The average molecular weight is 856 g/mol. The molecular weight excluding hydrogens is 783 g/mol. The molecule has 0 saturated carbocycles. The molecule has 61 heavy (non-hydrogen) atoms. The maximum atomic E-state index is 14.2. The van der Waals surface area contributed by atoms with Crippen LogP contribution < -0.4 is 27.0 Å².